The summed E-state index contributed by atoms with van der Waals surface area (Å²) < 4.78 is 16.8. The van der Waals surface area contributed by atoms with Gasteiger partial charge in [0, 0.05) is 57.4 Å². The zero-order valence-electron chi connectivity index (χ0n) is 15.4. The monoisotopic (exact) mass is 372 g/mol. The molecular weight excluding hydrogens is 340 g/mol. The van der Waals surface area contributed by atoms with Crippen LogP contribution in [0.3, 0.4) is 0 Å². The van der Waals surface area contributed by atoms with Crippen molar-refractivity contribution in [1.82, 2.24) is 9.80 Å². The molecule has 0 amide bonds. The molecule has 144 valence electrons. The largest absolute Gasteiger partial charge is 0.390 e. The average Bonchev–Trinajstić information content (AvgIpc) is 3.09. The van der Waals surface area contributed by atoms with Gasteiger partial charge in [-0.15, -0.1) is 11.3 Å². The minimum absolute atomic E-state index is 0.259. The maximum absolute atomic E-state index is 10.6. The molecule has 1 unspecified atom stereocenters. The van der Waals surface area contributed by atoms with Crippen LogP contribution in [-0.2, 0) is 20.8 Å². The third-order valence-electron chi connectivity index (χ3n) is 4.11. The highest BCUT2D eigenvalue weighted by Gasteiger charge is 2.21. The zero-order chi connectivity index (χ0) is 17.9. The first-order valence-electron chi connectivity index (χ1n) is 9.17. The Labute approximate surface area is 155 Å². The summed E-state index contributed by atoms with van der Waals surface area (Å²) in [5.74, 6) is 0. The highest BCUT2D eigenvalue weighted by molar-refractivity contribution is 7.09. The summed E-state index contributed by atoms with van der Waals surface area (Å²) in [6, 6.07) is 4.19. The lowest BCUT2D eigenvalue weighted by molar-refractivity contribution is -0.150. The van der Waals surface area contributed by atoms with Gasteiger partial charge in [0.1, 0.15) is 0 Å². The Bertz CT molecular complexity index is 434. The fourth-order valence-corrected chi connectivity index (χ4v) is 3.75. The van der Waals surface area contributed by atoms with Crippen molar-refractivity contribution < 1.29 is 19.3 Å². The van der Waals surface area contributed by atoms with Crippen LogP contribution in [0.25, 0.3) is 0 Å². The number of β-amino-alcohol motifs (C(OH)–C–C–N with tert-alkyl or cyclic N) is 1. The van der Waals surface area contributed by atoms with Gasteiger partial charge in [-0.2, -0.15) is 0 Å². The molecule has 6 nitrogen and oxygen atoms in total. The maximum atomic E-state index is 10.6. The summed E-state index contributed by atoms with van der Waals surface area (Å²) in [4.78, 5) is 5.78. The van der Waals surface area contributed by atoms with Gasteiger partial charge in [0.25, 0.3) is 0 Å². The third kappa shape index (κ3) is 8.13. The highest BCUT2D eigenvalue weighted by Crippen LogP contribution is 2.14. The van der Waals surface area contributed by atoms with Crippen LogP contribution in [0.2, 0.25) is 0 Å². The molecule has 0 spiro atoms. The van der Waals surface area contributed by atoms with Gasteiger partial charge in [-0.05, 0) is 25.3 Å². The molecule has 1 saturated heterocycles. The van der Waals surface area contributed by atoms with Crippen molar-refractivity contribution in [1.29, 1.82) is 0 Å². The fourth-order valence-electron chi connectivity index (χ4n) is 3.00. The van der Waals surface area contributed by atoms with Gasteiger partial charge in [0.2, 0.25) is 0 Å². The van der Waals surface area contributed by atoms with Crippen LogP contribution in [0.4, 0.5) is 0 Å². The van der Waals surface area contributed by atoms with E-state index in [1.165, 1.54) is 4.88 Å². The number of rotatable bonds is 12. The molecule has 1 atom stereocenters. The lowest BCUT2D eigenvalue weighted by atomic mass is 10.2. The molecular formula is C18H32N2O4S. The Morgan fingerprint density at radius 2 is 1.96 bits per heavy atom. The van der Waals surface area contributed by atoms with Gasteiger partial charge in [-0.3, -0.25) is 9.80 Å². The predicted octanol–water partition coefficient (Wildman–Crippen LogP) is 1.64. The molecule has 1 aliphatic rings. The zero-order valence-corrected chi connectivity index (χ0v) is 16.2. The number of hydrogen-bond acceptors (Lipinski definition) is 7. The standard InChI is InChI=1S/C18H32N2O4S/c1-3-23-18(24-4-2)15-20(14-17-6-5-11-25-17)13-16(21)12-19-7-9-22-10-8-19/h5-6,11,16,18,21H,3-4,7-10,12-15H2,1-2H3. The van der Waals surface area contributed by atoms with Crippen molar-refractivity contribution >= 4 is 11.3 Å². The summed E-state index contributed by atoms with van der Waals surface area (Å²) in [6.45, 7) is 11.2. The van der Waals surface area contributed by atoms with E-state index < -0.39 is 6.10 Å². The number of ether oxygens (including phenoxy) is 3. The molecule has 0 aliphatic carbocycles. The van der Waals surface area contributed by atoms with E-state index in [1.54, 1.807) is 11.3 Å². The molecule has 0 bridgehead atoms. The highest BCUT2D eigenvalue weighted by atomic mass is 32.1. The third-order valence-corrected chi connectivity index (χ3v) is 4.97. The van der Waals surface area contributed by atoms with Gasteiger partial charge in [0.05, 0.1) is 19.3 Å². The summed E-state index contributed by atoms with van der Waals surface area (Å²) in [5.41, 5.74) is 0. The lowest BCUT2D eigenvalue weighted by Gasteiger charge is -2.32. The second-order valence-corrected chi connectivity index (χ2v) is 7.21. The van der Waals surface area contributed by atoms with Crippen LogP contribution in [0.1, 0.15) is 18.7 Å². The fraction of sp³-hybridized carbons (Fsp3) is 0.778. The van der Waals surface area contributed by atoms with E-state index in [0.717, 1.165) is 32.8 Å². The van der Waals surface area contributed by atoms with Gasteiger partial charge in [0.15, 0.2) is 6.29 Å². The molecule has 7 heteroatoms. The SMILES string of the molecule is CCOC(CN(Cc1cccs1)CC(O)CN1CCOCC1)OCC. The van der Waals surface area contributed by atoms with Crippen molar-refractivity contribution in [2.75, 3.05) is 59.2 Å². The Morgan fingerprint density at radius 1 is 1.24 bits per heavy atom. The van der Waals surface area contributed by atoms with Crippen molar-refractivity contribution in [3.8, 4) is 0 Å². The van der Waals surface area contributed by atoms with Crippen LogP contribution in [0, 0.1) is 0 Å². The van der Waals surface area contributed by atoms with E-state index in [-0.39, 0.29) is 6.29 Å². The van der Waals surface area contributed by atoms with Crippen molar-refractivity contribution in [2.24, 2.45) is 0 Å². The molecule has 0 radical (unpaired) electrons. The van der Waals surface area contributed by atoms with Crippen LogP contribution in [0.5, 0.6) is 0 Å². The molecule has 1 N–H and O–H groups in total. The summed E-state index contributed by atoms with van der Waals surface area (Å²) in [5, 5.41) is 12.7. The number of thiophene rings is 1. The number of nitrogens with zero attached hydrogens (tertiary/aromatic N) is 2. The molecule has 2 rings (SSSR count). The first-order valence-corrected chi connectivity index (χ1v) is 10.0. The predicted molar refractivity (Wildman–Crippen MR) is 99.9 cm³/mol. The smallest absolute Gasteiger partial charge is 0.170 e. The molecule has 0 aromatic carbocycles. The van der Waals surface area contributed by atoms with Crippen LogP contribution < -0.4 is 0 Å². The second-order valence-electron chi connectivity index (χ2n) is 6.18. The van der Waals surface area contributed by atoms with E-state index in [4.69, 9.17) is 14.2 Å². The Kier molecular flexibility index (Phi) is 9.93. The van der Waals surface area contributed by atoms with E-state index in [1.807, 2.05) is 13.8 Å². The van der Waals surface area contributed by atoms with Crippen LogP contribution in [0.15, 0.2) is 17.5 Å². The Balaban J connectivity index is 1.89. The average molecular weight is 373 g/mol. The molecule has 1 aliphatic heterocycles. The minimum Gasteiger partial charge on any atom is -0.390 e. The van der Waals surface area contributed by atoms with Crippen molar-refractivity contribution in [3.05, 3.63) is 22.4 Å². The van der Waals surface area contributed by atoms with Crippen molar-refractivity contribution in [2.45, 2.75) is 32.8 Å². The van der Waals surface area contributed by atoms with Gasteiger partial charge < -0.3 is 19.3 Å². The number of hydrogen-bond donors (Lipinski definition) is 1. The van der Waals surface area contributed by atoms with Gasteiger partial charge >= 0.3 is 0 Å². The van der Waals surface area contributed by atoms with E-state index in [2.05, 4.69) is 27.3 Å². The van der Waals surface area contributed by atoms with Gasteiger partial charge in [-0.25, -0.2) is 0 Å². The number of aliphatic hydroxyl groups excluding tert-OH is 1. The summed E-state index contributed by atoms with van der Waals surface area (Å²) in [6.07, 6.45) is -0.660. The first-order chi connectivity index (χ1) is 12.2. The molecule has 1 aromatic rings. The molecule has 0 saturated carbocycles. The number of aliphatic hydroxyl groups is 1. The Morgan fingerprint density at radius 3 is 2.56 bits per heavy atom. The maximum Gasteiger partial charge on any atom is 0.170 e. The molecule has 2 heterocycles. The van der Waals surface area contributed by atoms with Gasteiger partial charge in [-0.1, -0.05) is 6.07 Å². The Hall–Kier alpha value is -0.540. The molecule has 1 fully saturated rings. The van der Waals surface area contributed by atoms with Crippen molar-refractivity contribution in [3.63, 3.8) is 0 Å². The van der Waals surface area contributed by atoms with Crippen LogP contribution >= 0.6 is 11.3 Å². The quantitative estimate of drug-likeness (QED) is 0.563. The van der Waals surface area contributed by atoms with E-state index in [9.17, 15) is 5.11 Å². The molecule has 1 aromatic heterocycles. The first kappa shape index (κ1) is 20.8. The van der Waals surface area contributed by atoms with E-state index >= 15 is 0 Å². The topological polar surface area (TPSA) is 54.4 Å². The van der Waals surface area contributed by atoms with E-state index in [0.29, 0.717) is 32.8 Å². The summed E-state index contributed by atoms with van der Waals surface area (Å²) >= 11 is 1.74. The second kappa shape index (κ2) is 12.0. The normalized spacial score (nSPS) is 17.5. The molecule has 25 heavy (non-hydrogen) atoms. The lowest BCUT2D eigenvalue weighted by Crippen LogP contribution is -2.46. The van der Waals surface area contributed by atoms with Crippen LogP contribution in [-0.4, -0.2) is 86.5 Å². The number of morpholine rings is 1. The summed E-state index contributed by atoms with van der Waals surface area (Å²) in [7, 11) is 0. The minimum atomic E-state index is -0.401.